The highest BCUT2D eigenvalue weighted by atomic mass is 32.2. The summed E-state index contributed by atoms with van der Waals surface area (Å²) in [6.45, 7) is 3.56. The summed E-state index contributed by atoms with van der Waals surface area (Å²) in [5, 5.41) is 5.51. The van der Waals surface area contributed by atoms with Gasteiger partial charge in [-0.2, -0.15) is 16.8 Å². The van der Waals surface area contributed by atoms with Crippen LogP contribution < -0.4 is 22.1 Å². The standard InChI is InChI=1S/C26H22N4O8S2/c1-2-5-14(10-11-27)29-18-9-8-15(12-20(18)39(33,34)35)30-19-13-21(40(36,37)38)24(28)23-22(19)25(31)16-6-3-4-7-17(16)26(23)32/h2-13,29-30H,1,27-28H2,(H,33,34,35)(H,36,37,38)/b11-10-,14-5+. The number of carbonyl (C=O) groups is 2. The Labute approximate surface area is 229 Å². The second kappa shape index (κ2) is 10.4. The molecule has 0 bridgehead atoms. The summed E-state index contributed by atoms with van der Waals surface area (Å²) < 4.78 is 68.4. The first-order valence-electron chi connectivity index (χ1n) is 11.3. The predicted octanol–water partition coefficient (Wildman–Crippen LogP) is 3.24. The van der Waals surface area contributed by atoms with Gasteiger partial charge < -0.3 is 22.1 Å². The van der Waals surface area contributed by atoms with Crippen LogP contribution in [0.15, 0.2) is 95.0 Å². The Morgan fingerprint density at radius 2 is 1.45 bits per heavy atom. The van der Waals surface area contributed by atoms with Crippen LogP contribution in [0.5, 0.6) is 0 Å². The van der Waals surface area contributed by atoms with Crippen molar-refractivity contribution in [2.24, 2.45) is 5.73 Å². The molecule has 3 aromatic rings. The molecule has 0 amide bonds. The minimum absolute atomic E-state index is 0.0101. The summed E-state index contributed by atoms with van der Waals surface area (Å²) in [6.07, 6.45) is 5.51. The highest BCUT2D eigenvalue weighted by molar-refractivity contribution is 7.86. The van der Waals surface area contributed by atoms with Crippen molar-refractivity contribution in [3.05, 3.63) is 107 Å². The Kier molecular flexibility index (Phi) is 7.36. The molecule has 3 aromatic carbocycles. The molecule has 0 atom stereocenters. The van der Waals surface area contributed by atoms with Gasteiger partial charge in [0, 0.05) is 22.5 Å². The highest BCUT2D eigenvalue weighted by Crippen LogP contribution is 2.40. The van der Waals surface area contributed by atoms with Gasteiger partial charge in [-0.25, -0.2) is 0 Å². The first kappa shape index (κ1) is 28.3. The number of nitrogen functional groups attached to an aromatic ring is 1. The lowest BCUT2D eigenvalue weighted by molar-refractivity contribution is 0.0980. The smallest absolute Gasteiger partial charge is 0.296 e. The molecule has 0 aliphatic heterocycles. The molecule has 206 valence electrons. The van der Waals surface area contributed by atoms with E-state index in [9.17, 15) is 35.5 Å². The van der Waals surface area contributed by atoms with Gasteiger partial charge in [-0.1, -0.05) is 36.9 Å². The lowest BCUT2D eigenvalue weighted by Crippen LogP contribution is -2.25. The summed E-state index contributed by atoms with van der Waals surface area (Å²) in [6, 6.07) is 10.4. The fourth-order valence-corrected chi connectivity index (χ4v) is 5.52. The first-order chi connectivity index (χ1) is 18.8. The maximum Gasteiger partial charge on any atom is 0.296 e. The largest absolute Gasteiger partial charge is 0.405 e. The van der Waals surface area contributed by atoms with Crippen LogP contribution in [-0.4, -0.2) is 37.5 Å². The van der Waals surface area contributed by atoms with Crippen molar-refractivity contribution in [1.29, 1.82) is 0 Å². The number of fused-ring (bicyclic) bond motifs is 2. The van der Waals surface area contributed by atoms with E-state index in [1.807, 2.05) is 0 Å². The molecule has 0 fully saturated rings. The second-order valence-electron chi connectivity index (χ2n) is 8.42. The molecule has 1 aliphatic carbocycles. The second-order valence-corrected chi connectivity index (χ2v) is 11.2. The van der Waals surface area contributed by atoms with Gasteiger partial charge in [0.1, 0.15) is 9.79 Å². The first-order valence-corrected chi connectivity index (χ1v) is 14.1. The lowest BCUT2D eigenvalue weighted by atomic mass is 9.82. The van der Waals surface area contributed by atoms with Gasteiger partial charge in [0.2, 0.25) is 0 Å². The third-order valence-corrected chi connectivity index (χ3v) is 7.66. The van der Waals surface area contributed by atoms with E-state index in [2.05, 4.69) is 17.2 Å². The molecule has 40 heavy (non-hydrogen) atoms. The minimum Gasteiger partial charge on any atom is -0.405 e. The zero-order valence-electron chi connectivity index (χ0n) is 20.5. The van der Waals surface area contributed by atoms with E-state index in [0.717, 1.165) is 12.1 Å². The molecule has 0 unspecified atom stereocenters. The zero-order valence-corrected chi connectivity index (χ0v) is 22.1. The predicted molar refractivity (Wildman–Crippen MR) is 149 cm³/mol. The topological polar surface area (TPSA) is 219 Å². The number of nitrogens with two attached hydrogens (primary N) is 2. The molecule has 4 rings (SSSR count). The molecular weight excluding hydrogens is 560 g/mol. The van der Waals surface area contributed by atoms with Crippen molar-refractivity contribution in [1.82, 2.24) is 0 Å². The van der Waals surface area contributed by atoms with Crippen LogP contribution in [-0.2, 0) is 20.2 Å². The van der Waals surface area contributed by atoms with Crippen LogP contribution >= 0.6 is 0 Å². The summed E-state index contributed by atoms with van der Waals surface area (Å²) >= 11 is 0. The average Bonchev–Trinajstić information content (AvgIpc) is 2.88. The van der Waals surface area contributed by atoms with Crippen molar-refractivity contribution in [3.8, 4) is 0 Å². The number of carbonyl (C=O) groups excluding carboxylic acids is 2. The van der Waals surface area contributed by atoms with Crippen LogP contribution in [0.2, 0.25) is 0 Å². The summed E-state index contributed by atoms with van der Waals surface area (Å²) in [7, 11) is -9.79. The van der Waals surface area contributed by atoms with E-state index < -0.39 is 52.8 Å². The Hall–Kier alpha value is -4.76. The third kappa shape index (κ3) is 5.23. The normalized spacial score (nSPS) is 13.6. The van der Waals surface area contributed by atoms with E-state index in [1.165, 1.54) is 60.8 Å². The van der Waals surface area contributed by atoms with Crippen LogP contribution in [0.1, 0.15) is 31.8 Å². The van der Waals surface area contributed by atoms with Gasteiger partial charge in [-0.15, -0.1) is 0 Å². The monoisotopic (exact) mass is 582 g/mol. The lowest BCUT2D eigenvalue weighted by Gasteiger charge is -2.24. The third-order valence-electron chi connectivity index (χ3n) is 5.87. The number of anilines is 4. The molecular formula is C26H22N4O8S2. The SMILES string of the molecule is C=C/C=C(\C=C/N)Nc1ccc(Nc2cc(S(=O)(=O)O)c(N)c3c2C(=O)c2ccccc2C3=O)cc1S(=O)(=O)O. The highest BCUT2D eigenvalue weighted by Gasteiger charge is 2.36. The van der Waals surface area contributed by atoms with Gasteiger partial charge in [0.25, 0.3) is 20.2 Å². The van der Waals surface area contributed by atoms with Gasteiger partial charge in [0.05, 0.1) is 28.2 Å². The molecule has 14 heteroatoms. The van der Waals surface area contributed by atoms with Crippen LogP contribution in [0.4, 0.5) is 22.7 Å². The molecule has 1 aliphatic rings. The van der Waals surface area contributed by atoms with Gasteiger partial charge >= 0.3 is 0 Å². The Morgan fingerprint density at radius 1 is 0.850 bits per heavy atom. The van der Waals surface area contributed by atoms with E-state index >= 15 is 0 Å². The number of nitrogens with one attached hydrogen (secondary N) is 2. The van der Waals surface area contributed by atoms with E-state index in [-0.39, 0.29) is 33.8 Å². The number of benzene rings is 3. The van der Waals surface area contributed by atoms with Crippen molar-refractivity contribution < 1.29 is 35.5 Å². The van der Waals surface area contributed by atoms with Gasteiger partial charge in [-0.05, 0) is 42.6 Å². The number of hydrogen-bond acceptors (Lipinski definition) is 10. The average molecular weight is 583 g/mol. The van der Waals surface area contributed by atoms with Crippen molar-refractivity contribution in [2.75, 3.05) is 16.4 Å². The van der Waals surface area contributed by atoms with Crippen LogP contribution in [0.25, 0.3) is 0 Å². The molecule has 0 spiro atoms. The maximum atomic E-state index is 13.5. The summed E-state index contributed by atoms with van der Waals surface area (Å²) in [5.74, 6) is -1.41. The van der Waals surface area contributed by atoms with Gasteiger partial charge in [-0.3, -0.25) is 18.7 Å². The van der Waals surface area contributed by atoms with E-state index in [1.54, 1.807) is 0 Å². The zero-order chi connectivity index (χ0) is 29.4. The van der Waals surface area contributed by atoms with E-state index in [4.69, 9.17) is 11.5 Å². The van der Waals surface area contributed by atoms with E-state index in [0.29, 0.717) is 5.70 Å². The Balaban J connectivity index is 1.92. The summed E-state index contributed by atoms with van der Waals surface area (Å²) in [5.41, 5.74) is 10.0. The van der Waals surface area contributed by atoms with Crippen LogP contribution in [0, 0.1) is 0 Å². The number of rotatable bonds is 8. The van der Waals surface area contributed by atoms with Crippen molar-refractivity contribution in [3.63, 3.8) is 0 Å². The molecule has 0 saturated heterocycles. The Bertz CT molecular complexity index is 1880. The molecule has 8 N–H and O–H groups in total. The number of hydrogen-bond donors (Lipinski definition) is 6. The van der Waals surface area contributed by atoms with Crippen molar-refractivity contribution >= 4 is 54.6 Å². The van der Waals surface area contributed by atoms with Crippen molar-refractivity contribution in [2.45, 2.75) is 9.79 Å². The molecule has 0 heterocycles. The molecule has 0 radical (unpaired) electrons. The van der Waals surface area contributed by atoms with Crippen LogP contribution in [0.3, 0.4) is 0 Å². The quantitative estimate of drug-likeness (QED) is 0.100. The number of ketones is 2. The number of allylic oxidation sites excluding steroid dienone is 3. The molecule has 0 saturated carbocycles. The van der Waals surface area contributed by atoms with Gasteiger partial charge in [0.15, 0.2) is 11.6 Å². The maximum absolute atomic E-state index is 13.5. The fourth-order valence-electron chi connectivity index (χ4n) is 4.20. The Morgan fingerprint density at radius 3 is 2.00 bits per heavy atom. The molecule has 12 nitrogen and oxygen atoms in total. The molecule has 0 aromatic heterocycles. The summed E-state index contributed by atoms with van der Waals surface area (Å²) in [4.78, 5) is 25.3. The fraction of sp³-hybridized carbons (Fsp3) is 0. The minimum atomic E-state index is -4.97.